The highest BCUT2D eigenvalue weighted by molar-refractivity contribution is 5.18. The van der Waals surface area contributed by atoms with Gasteiger partial charge in [0.05, 0.1) is 0 Å². The number of benzene rings is 1. The van der Waals surface area contributed by atoms with Crippen molar-refractivity contribution in [2.75, 3.05) is 0 Å². The SMILES string of the molecule is Cc1nnc(Cc2ccccc2)n1O. The molecule has 0 atom stereocenters. The summed E-state index contributed by atoms with van der Waals surface area (Å²) in [5, 5.41) is 17.1. The zero-order chi connectivity index (χ0) is 9.97. The molecule has 0 spiro atoms. The molecule has 1 aromatic heterocycles. The van der Waals surface area contributed by atoms with Gasteiger partial charge in [-0.1, -0.05) is 30.3 Å². The van der Waals surface area contributed by atoms with E-state index < -0.39 is 0 Å². The van der Waals surface area contributed by atoms with Gasteiger partial charge in [0.1, 0.15) is 0 Å². The van der Waals surface area contributed by atoms with Gasteiger partial charge in [0, 0.05) is 6.42 Å². The fourth-order valence-electron chi connectivity index (χ4n) is 1.29. The molecule has 0 aliphatic heterocycles. The van der Waals surface area contributed by atoms with Crippen molar-refractivity contribution < 1.29 is 5.21 Å². The summed E-state index contributed by atoms with van der Waals surface area (Å²) in [7, 11) is 0. The highest BCUT2D eigenvalue weighted by atomic mass is 16.5. The highest BCUT2D eigenvalue weighted by Gasteiger charge is 2.07. The van der Waals surface area contributed by atoms with Gasteiger partial charge < -0.3 is 5.21 Å². The molecule has 4 nitrogen and oxygen atoms in total. The first-order valence-corrected chi connectivity index (χ1v) is 4.41. The maximum Gasteiger partial charge on any atom is 0.173 e. The van der Waals surface area contributed by atoms with Gasteiger partial charge in [-0.25, -0.2) is 0 Å². The Hall–Kier alpha value is -1.84. The number of rotatable bonds is 2. The van der Waals surface area contributed by atoms with E-state index in [0.29, 0.717) is 18.1 Å². The zero-order valence-corrected chi connectivity index (χ0v) is 7.88. The van der Waals surface area contributed by atoms with Crippen LogP contribution >= 0.6 is 0 Å². The van der Waals surface area contributed by atoms with Crippen molar-refractivity contribution in [3.63, 3.8) is 0 Å². The Morgan fingerprint density at radius 3 is 2.50 bits per heavy atom. The third-order valence-electron chi connectivity index (χ3n) is 2.07. The van der Waals surface area contributed by atoms with Crippen molar-refractivity contribution >= 4 is 0 Å². The van der Waals surface area contributed by atoms with Crippen LogP contribution in [0.15, 0.2) is 30.3 Å². The Labute approximate surface area is 81.8 Å². The second-order valence-corrected chi connectivity index (χ2v) is 3.14. The lowest BCUT2D eigenvalue weighted by molar-refractivity contribution is 0.169. The Balaban J connectivity index is 2.23. The van der Waals surface area contributed by atoms with E-state index in [0.717, 1.165) is 10.3 Å². The standard InChI is InChI=1S/C10H11N3O/c1-8-11-12-10(13(8)14)7-9-5-3-2-4-6-9/h2-6,14H,7H2,1H3. The van der Waals surface area contributed by atoms with Crippen LogP contribution in [-0.4, -0.2) is 20.1 Å². The van der Waals surface area contributed by atoms with Gasteiger partial charge in [-0.3, -0.25) is 0 Å². The van der Waals surface area contributed by atoms with Crippen molar-refractivity contribution in [1.82, 2.24) is 14.9 Å². The van der Waals surface area contributed by atoms with Gasteiger partial charge in [0.15, 0.2) is 11.6 Å². The van der Waals surface area contributed by atoms with E-state index in [4.69, 9.17) is 0 Å². The molecule has 0 radical (unpaired) electrons. The fraction of sp³-hybridized carbons (Fsp3) is 0.200. The number of nitrogens with zero attached hydrogens (tertiary/aromatic N) is 3. The van der Waals surface area contributed by atoms with Crippen LogP contribution in [0.4, 0.5) is 0 Å². The van der Waals surface area contributed by atoms with Gasteiger partial charge in [-0.15, -0.1) is 10.2 Å². The minimum absolute atomic E-state index is 0.510. The van der Waals surface area contributed by atoms with Crippen LogP contribution in [0.3, 0.4) is 0 Å². The van der Waals surface area contributed by atoms with Gasteiger partial charge in [-0.2, -0.15) is 4.73 Å². The summed E-state index contributed by atoms with van der Waals surface area (Å²) >= 11 is 0. The minimum atomic E-state index is 0.510. The average molecular weight is 189 g/mol. The Morgan fingerprint density at radius 1 is 1.21 bits per heavy atom. The highest BCUT2D eigenvalue weighted by Crippen LogP contribution is 2.06. The van der Waals surface area contributed by atoms with Gasteiger partial charge in [0.25, 0.3) is 0 Å². The molecule has 0 saturated carbocycles. The second-order valence-electron chi connectivity index (χ2n) is 3.14. The molecular formula is C10H11N3O. The molecule has 1 N–H and O–H groups in total. The lowest BCUT2D eigenvalue weighted by Gasteiger charge is -1.99. The number of aromatic nitrogens is 3. The second kappa shape index (κ2) is 3.49. The van der Waals surface area contributed by atoms with Crippen LogP contribution in [0.2, 0.25) is 0 Å². The topological polar surface area (TPSA) is 50.9 Å². The summed E-state index contributed by atoms with van der Waals surface area (Å²) in [5.41, 5.74) is 1.11. The lowest BCUT2D eigenvalue weighted by Crippen LogP contribution is -2.01. The number of hydrogen-bond acceptors (Lipinski definition) is 3. The monoisotopic (exact) mass is 189 g/mol. The molecule has 0 fully saturated rings. The third-order valence-corrected chi connectivity index (χ3v) is 2.07. The van der Waals surface area contributed by atoms with E-state index in [1.54, 1.807) is 6.92 Å². The number of aryl methyl sites for hydroxylation is 1. The maximum absolute atomic E-state index is 9.49. The Kier molecular flexibility index (Phi) is 2.18. The predicted octanol–water partition coefficient (Wildman–Crippen LogP) is 1.41. The van der Waals surface area contributed by atoms with Crippen molar-refractivity contribution in [2.45, 2.75) is 13.3 Å². The van der Waals surface area contributed by atoms with Crippen molar-refractivity contribution in [3.8, 4) is 0 Å². The summed E-state index contributed by atoms with van der Waals surface area (Å²) in [4.78, 5) is 0. The largest absolute Gasteiger partial charge is 0.425 e. The summed E-state index contributed by atoms with van der Waals surface area (Å²) in [6, 6.07) is 9.85. The first-order valence-electron chi connectivity index (χ1n) is 4.41. The molecular weight excluding hydrogens is 178 g/mol. The fourth-order valence-corrected chi connectivity index (χ4v) is 1.29. The molecule has 1 heterocycles. The first kappa shape index (κ1) is 8.74. The van der Waals surface area contributed by atoms with Crippen LogP contribution < -0.4 is 0 Å². The molecule has 0 saturated heterocycles. The lowest BCUT2D eigenvalue weighted by atomic mass is 10.1. The minimum Gasteiger partial charge on any atom is -0.425 e. The molecule has 72 valence electrons. The van der Waals surface area contributed by atoms with Gasteiger partial charge in [-0.05, 0) is 12.5 Å². The third kappa shape index (κ3) is 1.59. The molecule has 0 bridgehead atoms. The molecule has 4 heteroatoms. The molecule has 14 heavy (non-hydrogen) atoms. The quantitative estimate of drug-likeness (QED) is 0.727. The normalized spacial score (nSPS) is 10.4. The van der Waals surface area contributed by atoms with Gasteiger partial charge in [0.2, 0.25) is 0 Å². The van der Waals surface area contributed by atoms with Gasteiger partial charge >= 0.3 is 0 Å². The molecule has 0 aliphatic rings. The van der Waals surface area contributed by atoms with E-state index in [2.05, 4.69) is 10.2 Å². The number of hydrogen-bond donors (Lipinski definition) is 1. The van der Waals surface area contributed by atoms with E-state index >= 15 is 0 Å². The Morgan fingerprint density at radius 2 is 1.93 bits per heavy atom. The maximum atomic E-state index is 9.49. The van der Waals surface area contributed by atoms with E-state index in [9.17, 15) is 5.21 Å². The van der Waals surface area contributed by atoms with Crippen LogP contribution in [0.5, 0.6) is 0 Å². The molecule has 0 aliphatic carbocycles. The average Bonchev–Trinajstić information content (AvgIpc) is 2.52. The zero-order valence-electron chi connectivity index (χ0n) is 7.88. The smallest absolute Gasteiger partial charge is 0.173 e. The van der Waals surface area contributed by atoms with Crippen molar-refractivity contribution in [1.29, 1.82) is 0 Å². The van der Waals surface area contributed by atoms with Crippen molar-refractivity contribution in [3.05, 3.63) is 47.5 Å². The molecule has 2 aromatic rings. The first-order chi connectivity index (χ1) is 6.77. The summed E-state index contributed by atoms with van der Waals surface area (Å²) in [6.45, 7) is 1.71. The van der Waals surface area contributed by atoms with E-state index in [1.165, 1.54) is 0 Å². The van der Waals surface area contributed by atoms with Crippen LogP contribution in [0, 0.1) is 6.92 Å². The summed E-state index contributed by atoms with van der Waals surface area (Å²) < 4.78 is 1.02. The molecule has 0 unspecified atom stereocenters. The van der Waals surface area contributed by atoms with Crippen LogP contribution in [-0.2, 0) is 6.42 Å². The van der Waals surface area contributed by atoms with E-state index in [1.807, 2.05) is 30.3 Å². The van der Waals surface area contributed by atoms with Crippen LogP contribution in [0.1, 0.15) is 17.2 Å². The molecule has 1 aromatic carbocycles. The van der Waals surface area contributed by atoms with Crippen molar-refractivity contribution in [2.24, 2.45) is 0 Å². The summed E-state index contributed by atoms with van der Waals surface area (Å²) in [6.07, 6.45) is 0.595. The Bertz CT molecular complexity index is 422. The molecule has 2 rings (SSSR count). The predicted molar refractivity (Wildman–Crippen MR) is 51.2 cm³/mol. The van der Waals surface area contributed by atoms with E-state index in [-0.39, 0.29) is 0 Å². The molecule has 0 amide bonds. The van der Waals surface area contributed by atoms with Crippen LogP contribution in [0.25, 0.3) is 0 Å². The summed E-state index contributed by atoms with van der Waals surface area (Å²) in [5.74, 6) is 1.07.